The molecule has 144 valence electrons. The van der Waals surface area contributed by atoms with E-state index >= 15 is 0 Å². The van der Waals surface area contributed by atoms with Crippen LogP contribution in [0.1, 0.15) is 27.2 Å². The van der Waals surface area contributed by atoms with Crippen LogP contribution < -0.4 is 15.1 Å². The first-order valence-electron chi connectivity index (χ1n) is 9.13. The highest BCUT2D eigenvalue weighted by molar-refractivity contribution is 6.30. The van der Waals surface area contributed by atoms with E-state index in [-0.39, 0.29) is 18.2 Å². The molecule has 0 bridgehead atoms. The Labute approximate surface area is 165 Å². The van der Waals surface area contributed by atoms with Gasteiger partial charge in [-0.05, 0) is 56.3 Å². The van der Waals surface area contributed by atoms with Crippen LogP contribution in [-0.2, 0) is 9.59 Å². The normalized spacial score (nSPS) is 10.4. The lowest BCUT2D eigenvalue weighted by Gasteiger charge is -2.22. The quantitative estimate of drug-likeness (QED) is 0.721. The van der Waals surface area contributed by atoms with Crippen molar-refractivity contribution in [3.05, 3.63) is 53.6 Å². The molecule has 0 radical (unpaired) electrons. The lowest BCUT2D eigenvalue weighted by Crippen LogP contribution is -2.31. The number of nitrogens with zero attached hydrogens (tertiary/aromatic N) is 2. The molecular formula is C21H26ClN3O2. The minimum Gasteiger partial charge on any atom is -0.372 e. The number of carbonyl (C=O) groups is 2. The lowest BCUT2D eigenvalue weighted by molar-refractivity contribution is -0.117. The molecule has 6 heteroatoms. The van der Waals surface area contributed by atoms with Gasteiger partial charge in [0, 0.05) is 55.1 Å². The predicted molar refractivity (Wildman–Crippen MR) is 113 cm³/mol. The summed E-state index contributed by atoms with van der Waals surface area (Å²) in [6.45, 7) is 7.86. The van der Waals surface area contributed by atoms with Gasteiger partial charge in [-0.2, -0.15) is 0 Å². The van der Waals surface area contributed by atoms with Gasteiger partial charge in [0.15, 0.2) is 0 Å². The Hall–Kier alpha value is -2.53. The summed E-state index contributed by atoms with van der Waals surface area (Å²) in [5.41, 5.74) is 2.56. The molecule has 0 aliphatic heterocycles. The Morgan fingerprint density at radius 1 is 1.00 bits per heavy atom. The van der Waals surface area contributed by atoms with Crippen molar-refractivity contribution in [2.45, 2.75) is 27.2 Å². The number of nitrogens with one attached hydrogen (secondary N) is 1. The molecule has 0 saturated carbocycles. The molecule has 2 amide bonds. The van der Waals surface area contributed by atoms with E-state index in [4.69, 9.17) is 11.6 Å². The molecule has 0 heterocycles. The van der Waals surface area contributed by atoms with Crippen LogP contribution in [0.2, 0.25) is 5.02 Å². The monoisotopic (exact) mass is 387 g/mol. The molecule has 5 nitrogen and oxygen atoms in total. The van der Waals surface area contributed by atoms with E-state index in [1.54, 1.807) is 29.2 Å². The molecule has 0 atom stereocenters. The number of hydrogen-bond acceptors (Lipinski definition) is 3. The fourth-order valence-corrected chi connectivity index (χ4v) is 3.08. The van der Waals surface area contributed by atoms with Crippen LogP contribution in [-0.4, -0.2) is 31.4 Å². The highest BCUT2D eigenvalue weighted by Gasteiger charge is 2.14. The summed E-state index contributed by atoms with van der Waals surface area (Å²) in [4.78, 5) is 28.0. The van der Waals surface area contributed by atoms with Crippen molar-refractivity contribution < 1.29 is 9.59 Å². The molecule has 1 N–H and O–H groups in total. The van der Waals surface area contributed by atoms with Crippen molar-refractivity contribution in [3.8, 4) is 0 Å². The molecule has 0 unspecified atom stereocenters. The van der Waals surface area contributed by atoms with E-state index in [0.29, 0.717) is 17.3 Å². The zero-order valence-corrected chi connectivity index (χ0v) is 16.8. The topological polar surface area (TPSA) is 52.7 Å². The number of benzene rings is 2. The molecule has 0 aromatic heterocycles. The lowest BCUT2D eigenvalue weighted by atomic mass is 10.2. The van der Waals surface area contributed by atoms with Crippen molar-refractivity contribution in [1.82, 2.24) is 0 Å². The van der Waals surface area contributed by atoms with Gasteiger partial charge < -0.3 is 15.1 Å². The van der Waals surface area contributed by atoms with Crippen LogP contribution in [0.5, 0.6) is 0 Å². The van der Waals surface area contributed by atoms with Gasteiger partial charge in [-0.3, -0.25) is 9.59 Å². The number of carbonyl (C=O) groups excluding carboxylic acids is 2. The van der Waals surface area contributed by atoms with E-state index in [1.807, 2.05) is 24.3 Å². The summed E-state index contributed by atoms with van der Waals surface area (Å²) in [7, 11) is 0. The number of amides is 2. The van der Waals surface area contributed by atoms with Crippen LogP contribution in [0.3, 0.4) is 0 Å². The Bertz CT molecular complexity index is 773. The van der Waals surface area contributed by atoms with Crippen LogP contribution in [0, 0.1) is 0 Å². The molecule has 0 saturated heterocycles. The third kappa shape index (κ3) is 6.00. The fraction of sp³-hybridized carbons (Fsp3) is 0.333. The Morgan fingerprint density at radius 2 is 1.67 bits per heavy atom. The third-order valence-corrected chi connectivity index (χ3v) is 4.58. The summed E-state index contributed by atoms with van der Waals surface area (Å²) in [5, 5.41) is 3.43. The largest absolute Gasteiger partial charge is 0.372 e. The number of rotatable bonds is 8. The molecule has 0 aliphatic rings. The first-order chi connectivity index (χ1) is 12.9. The molecule has 0 spiro atoms. The second-order valence-electron chi connectivity index (χ2n) is 6.17. The average Bonchev–Trinajstić information content (AvgIpc) is 2.64. The summed E-state index contributed by atoms with van der Waals surface area (Å²) >= 11 is 6.00. The molecule has 2 aromatic rings. The molecule has 2 rings (SSSR count). The Morgan fingerprint density at radius 3 is 2.22 bits per heavy atom. The highest BCUT2D eigenvalue weighted by Crippen LogP contribution is 2.21. The summed E-state index contributed by atoms with van der Waals surface area (Å²) in [6.07, 6.45) is 0.198. The molecule has 0 fully saturated rings. The Balaban J connectivity index is 1.95. The van der Waals surface area contributed by atoms with Crippen LogP contribution >= 0.6 is 11.6 Å². The third-order valence-electron chi connectivity index (χ3n) is 4.34. The van der Waals surface area contributed by atoms with Gasteiger partial charge in [0.1, 0.15) is 0 Å². The average molecular weight is 388 g/mol. The minimum atomic E-state index is -0.140. The maximum absolute atomic E-state index is 12.3. The van der Waals surface area contributed by atoms with E-state index in [2.05, 4.69) is 24.1 Å². The summed E-state index contributed by atoms with van der Waals surface area (Å²) in [6, 6.07) is 14.8. The summed E-state index contributed by atoms with van der Waals surface area (Å²) in [5.74, 6) is -0.271. The first kappa shape index (κ1) is 20.8. The van der Waals surface area contributed by atoms with Gasteiger partial charge in [-0.25, -0.2) is 0 Å². The van der Waals surface area contributed by atoms with Crippen LogP contribution in [0.25, 0.3) is 0 Å². The first-order valence-corrected chi connectivity index (χ1v) is 9.51. The number of hydrogen-bond donors (Lipinski definition) is 1. The van der Waals surface area contributed by atoms with E-state index in [0.717, 1.165) is 24.5 Å². The maximum atomic E-state index is 12.3. The van der Waals surface area contributed by atoms with Crippen LogP contribution in [0.4, 0.5) is 17.1 Å². The van der Waals surface area contributed by atoms with Gasteiger partial charge >= 0.3 is 0 Å². The van der Waals surface area contributed by atoms with Gasteiger partial charge in [0.05, 0.1) is 0 Å². The van der Waals surface area contributed by atoms with Crippen molar-refractivity contribution in [2.24, 2.45) is 0 Å². The minimum absolute atomic E-state index is 0.131. The number of halogens is 1. The van der Waals surface area contributed by atoms with E-state index in [9.17, 15) is 9.59 Å². The number of anilines is 3. The van der Waals surface area contributed by atoms with Gasteiger partial charge in [-0.1, -0.05) is 17.7 Å². The molecule has 27 heavy (non-hydrogen) atoms. The van der Waals surface area contributed by atoms with Crippen molar-refractivity contribution >= 4 is 40.5 Å². The SMILES string of the molecule is CCN(CC)c1ccc(NC(=O)CCN(C(C)=O)c2cccc(Cl)c2)cc1. The smallest absolute Gasteiger partial charge is 0.226 e. The van der Waals surface area contributed by atoms with Gasteiger partial charge in [0.2, 0.25) is 11.8 Å². The van der Waals surface area contributed by atoms with E-state index in [1.165, 1.54) is 6.92 Å². The zero-order valence-electron chi connectivity index (χ0n) is 16.0. The standard InChI is InChI=1S/C21H26ClN3O2/c1-4-24(5-2)19-11-9-18(10-12-19)23-21(27)13-14-25(16(3)26)20-8-6-7-17(22)15-20/h6-12,15H,4-5,13-14H2,1-3H3,(H,23,27). The highest BCUT2D eigenvalue weighted by atomic mass is 35.5. The van der Waals surface area contributed by atoms with Gasteiger partial charge in [0.25, 0.3) is 0 Å². The van der Waals surface area contributed by atoms with Crippen molar-refractivity contribution in [1.29, 1.82) is 0 Å². The van der Waals surface area contributed by atoms with Crippen molar-refractivity contribution in [2.75, 3.05) is 34.8 Å². The molecular weight excluding hydrogens is 362 g/mol. The van der Waals surface area contributed by atoms with Crippen molar-refractivity contribution in [3.63, 3.8) is 0 Å². The predicted octanol–water partition coefficient (Wildman–Crippen LogP) is 4.57. The zero-order chi connectivity index (χ0) is 19.8. The fourth-order valence-electron chi connectivity index (χ4n) is 2.89. The molecule has 2 aromatic carbocycles. The van der Waals surface area contributed by atoms with Crippen LogP contribution in [0.15, 0.2) is 48.5 Å². The summed E-state index contributed by atoms with van der Waals surface area (Å²) < 4.78 is 0. The molecule has 0 aliphatic carbocycles. The Kier molecular flexibility index (Phi) is 7.67. The van der Waals surface area contributed by atoms with E-state index < -0.39 is 0 Å². The maximum Gasteiger partial charge on any atom is 0.226 e. The second kappa shape index (κ2) is 9.97. The second-order valence-corrected chi connectivity index (χ2v) is 6.60. The van der Waals surface area contributed by atoms with Gasteiger partial charge in [-0.15, -0.1) is 0 Å².